The van der Waals surface area contributed by atoms with Crippen molar-refractivity contribution in [1.29, 1.82) is 0 Å². The molecule has 4 aliphatic rings. The molecule has 2 N–H and O–H groups in total. The predicted octanol–water partition coefficient (Wildman–Crippen LogP) is 4.53. The Morgan fingerprint density at radius 3 is 2.28 bits per heavy atom. The fourth-order valence-corrected chi connectivity index (χ4v) is 9.25. The second-order valence-electron chi connectivity index (χ2n) is 14.6. The van der Waals surface area contributed by atoms with Crippen LogP contribution in [0.25, 0.3) is 0 Å². The third kappa shape index (κ3) is 4.13. The minimum atomic E-state index is -1.71. The summed E-state index contributed by atoms with van der Waals surface area (Å²) in [6.45, 7) is 16.2. The predicted molar refractivity (Wildman–Crippen MR) is 146 cm³/mol. The van der Waals surface area contributed by atoms with Crippen molar-refractivity contribution >= 4 is 23.3 Å². The molecule has 0 heterocycles. The SMILES string of the molecule is CC(=O)OC(C)(C)/C=C\C(=O)[C@@](C)(O)[C@H]1CC[C@@]2(C)[C@@H]3CC=C4[C@@H](C[C@H](O)C(=O)C4(C)C)[C@]3(C)C(=O)C[C@]12C. The highest BCUT2D eigenvalue weighted by Crippen LogP contribution is 2.74. The maximum atomic E-state index is 14.3. The van der Waals surface area contributed by atoms with Gasteiger partial charge in [0.15, 0.2) is 11.6 Å². The largest absolute Gasteiger partial charge is 0.456 e. The topological polar surface area (TPSA) is 118 Å². The van der Waals surface area contributed by atoms with E-state index in [0.717, 1.165) is 12.0 Å². The van der Waals surface area contributed by atoms with Crippen molar-refractivity contribution in [3.63, 3.8) is 0 Å². The van der Waals surface area contributed by atoms with Crippen LogP contribution in [0.3, 0.4) is 0 Å². The van der Waals surface area contributed by atoms with Gasteiger partial charge < -0.3 is 14.9 Å². The van der Waals surface area contributed by atoms with Crippen LogP contribution in [0.2, 0.25) is 0 Å². The summed E-state index contributed by atoms with van der Waals surface area (Å²) >= 11 is 0. The van der Waals surface area contributed by atoms with E-state index in [-0.39, 0.29) is 41.7 Å². The van der Waals surface area contributed by atoms with E-state index in [2.05, 4.69) is 19.9 Å². The van der Waals surface area contributed by atoms with Crippen LogP contribution in [0.5, 0.6) is 0 Å². The van der Waals surface area contributed by atoms with Crippen molar-refractivity contribution < 1.29 is 34.1 Å². The minimum Gasteiger partial charge on any atom is -0.456 e. The number of allylic oxidation sites excluding steroid dienone is 2. The van der Waals surface area contributed by atoms with E-state index >= 15 is 0 Å². The van der Waals surface area contributed by atoms with Gasteiger partial charge in [0.2, 0.25) is 0 Å². The number of aliphatic hydroxyl groups excluding tert-OH is 1. The lowest BCUT2D eigenvalue weighted by Crippen LogP contribution is -2.65. The number of ketones is 3. The van der Waals surface area contributed by atoms with Crippen molar-refractivity contribution in [1.82, 2.24) is 0 Å². The number of hydrogen-bond acceptors (Lipinski definition) is 7. The van der Waals surface area contributed by atoms with Gasteiger partial charge in [0.1, 0.15) is 23.1 Å². The van der Waals surface area contributed by atoms with Gasteiger partial charge in [-0.15, -0.1) is 0 Å². The van der Waals surface area contributed by atoms with E-state index in [1.807, 2.05) is 20.8 Å². The molecule has 7 nitrogen and oxygen atoms in total. The molecular formula is C32H46O7. The molecule has 0 unspecified atom stereocenters. The molecule has 0 amide bonds. The molecule has 4 rings (SSSR count). The summed E-state index contributed by atoms with van der Waals surface area (Å²) in [5, 5.41) is 22.5. The van der Waals surface area contributed by atoms with Crippen molar-refractivity contribution in [2.45, 2.75) is 112 Å². The zero-order valence-corrected chi connectivity index (χ0v) is 25.0. The van der Waals surface area contributed by atoms with Gasteiger partial charge >= 0.3 is 5.97 Å². The number of carbonyl (C=O) groups excluding carboxylic acids is 4. The summed E-state index contributed by atoms with van der Waals surface area (Å²) in [5.74, 6) is -1.75. The lowest BCUT2D eigenvalue weighted by atomic mass is 9.38. The molecule has 0 saturated heterocycles. The third-order valence-corrected chi connectivity index (χ3v) is 11.6. The fourth-order valence-electron chi connectivity index (χ4n) is 9.25. The Bertz CT molecular complexity index is 1170. The van der Waals surface area contributed by atoms with Crippen LogP contribution in [0.15, 0.2) is 23.8 Å². The normalized spacial score (nSPS) is 41.3. The molecule has 216 valence electrons. The average molecular weight is 543 g/mol. The van der Waals surface area contributed by atoms with E-state index in [9.17, 15) is 29.4 Å². The van der Waals surface area contributed by atoms with E-state index in [1.54, 1.807) is 20.8 Å². The Balaban J connectivity index is 1.71. The zero-order chi connectivity index (χ0) is 29.6. The highest BCUT2D eigenvalue weighted by Gasteiger charge is 2.72. The number of carbonyl (C=O) groups is 4. The van der Waals surface area contributed by atoms with Crippen LogP contribution in [-0.4, -0.2) is 50.8 Å². The molecule has 0 bridgehead atoms. The van der Waals surface area contributed by atoms with Gasteiger partial charge in [0.05, 0.1) is 0 Å². The van der Waals surface area contributed by atoms with Gasteiger partial charge in [0, 0.05) is 30.1 Å². The molecule has 4 aliphatic carbocycles. The van der Waals surface area contributed by atoms with E-state index in [0.29, 0.717) is 12.8 Å². The van der Waals surface area contributed by atoms with Crippen molar-refractivity contribution in [3.05, 3.63) is 23.8 Å². The lowest BCUT2D eigenvalue weighted by molar-refractivity contribution is -0.182. The van der Waals surface area contributed by atoms with Gasteiger partial charge in [-0.05, 0) is 95.1 Å². The molecule has 0 aromatic heterocycles. The second-order valence-corrected chi connectivity index (χ2v) is 14.6. The number of esters is 1. The van der Waals surface area contributed by atoms with Crippen LogP contribution in [0.1, 0.15) is 94.4 Å². The Morgan fingerprint density at radius 1 is 1.08 bits per heavy atom. The first-order valence-electron chi connectivity index (χ1n) is 14.3. The number of aliphatic hydroxyl groups is 2. The lowest BCUT2D eigenvalue weighted by Gasteiger charge is -2.64. The van der Waals surface area contributed by atoms with Gasteiger partial charge in [-0.25, -0.2) is 0 Å². The van der Waals surface area contributed by atoms with Crippen LogP contribution in [0.4, 0.5) is 0 Å². The molecule has 3 saturated carbocycles. The van der Waals surface area contributed by atoms with Gasteiger partial charge in [-0.2, -0.15) is 0 Å². The third-order valence-electron chi connectivity index (χ3n) is 11.6. The molecule has 8 atom stereocenters. The zero-order valence-electron chi connectivity index (χ0n) is 25.0. The molecule has 0 spiro atoms. The molecule has 0 radical (unpaired) electrons. The van der Waals surface area contributed by atoms with Crippen LogP contribution >= 0.6 is 0 Å². The van der Waals surface area contributed by atoms with Gasteiger partial charge in [0.25, 0.3) is 0 Å². The summed E-state index contributed by atoms with van der Waals surface area (Å²) < 4.78 is 5.26. The summed E-state index contributed by atoms with van der Waals surface area (Å²) in [5.41, 5.74) is -4.28. The summed E-state index contributed by atoms with van der Waals surface area (Å²) in [6.07, 6.45) is 6.32. The van der Waals surface area contributed by atoms with E-state index in [1.165, 1.54) is 19.1 Å². The Hall–Kier alpha value is -2.12. The first-order valence-corrected chi connectivity index (χ1v) is 14.3. The Kier molecular flexibility index (Phi) is 6.84. The monoisotopic (exact) mass is 542 g/mol. The van der Waals surface area contributed by atoms with E-state index < -0.39 is 51.2 Å². The molecule has 0 aliphatic heterocycles. The summed E-state index contributed by atoms with van der Waals surface area (Å²) in [7, 11) is 0. The molecule has 3 fully saturated rings. The summed E-state index contributed by atoms with van der Waals surface area (Å²) in [6, 6.07) is 0. The first kappa shape index (κ1) is 29.9. The number of ether oxygens (including phenoxy) is 1. The maximum Gasteiger partial charge on any atom is 0.303 e. The first-order chi connectivity index (χ1) is 17.7. The number of fused-ring (bicyclic) bond motifs is 5. The van der Waals surface area contributed by atoms with Crippen LogP contribution in [0, 0.1) is 39.4 Å². The number of Topliss-reactive ketones (excluding diaryl/α,β-unsaturated/α-hetero) is 2. The maximum absolute atomic E-state index is 14.3. The molecule has 0 aromatic carbocycles. The van der Waals surface area contributed by atoms with Crippen LogP contribution in [-0.2, 0) is 23.9 Å². The van der Waals surface area contributed by atoms with Crippen molar-refractivity contribution in [3.8, 4) is 0 Å². The van der Waals surface area contributed by atoms with Crippen molar-refractivity contribution in [2.24, 2.45) is 39.4 Å². The second kappa shape index (κ2) is 8.94. The standard InChI is InChI=1S/C32H46O7/c1-18(33)39-27(2,3)14-13-24(35)32(9,38)23-12-15-29(6)22-11-10-19-20(16-21(34)26(37)28(19,4)5)31(22,8)25(36)17-30(23,29)7/h10,13-14,20-23,34,38H,11-12,15-17H2,1-9H3/b14-13-/t20-,21+,22+,23+,29+,30-,31+,32+/m1/s1. The molecule has 39 heavy (non-hydrogen) atoms. The van der Waals surface area contributed by atoms with Crippen molar-refractivity contribution in [2.75, 3.05) is 0 Å². The minimum absolute atomic E-state index is 0.0458. The smallest absolute Gasteiger partial charge is 0.303 e. The number of rotatable bonds is 5. The van der Waals surface area contributed by atoms with Crippen LogP contribution < -0.4 is 0 Å². The fraction of sp³-hybridized carbons (Fsp3) is 0.750. The average Bonchev–Trinajstić information content (AvgIpc) is 3.07. The van der Waals surface area contributed by atoms with E-state index in [4.69, 9.17) is 4.74 Å². The number of hydrogen-bond donors (Lipinski definition) is 2. The van der Waals surface area contributed by atoms with Gasteiger partial charge in [-0.1, -0.05) is 32.4 Å². The Morgan fingerprint density at radius 2 is 1.69 bits per heavy atom. The highest BCUT2D eigenvalue weighted by molar-refractivity contribution is 5.98. The Labute approximate surface area is 232 Å². The quantitative estimate of drug-likeness (QED) is 0.298. The molecule has 7 heteroatoms. The summed E-state index contributed by atoms with van der Waals surface area (Å²) in [4.78, 5) is 52.0. The molecular weight excluding hydrogens is 496 g/mol. The van der Waals surface area contributed by atoms with Gasteiger partial charge in [-0.3, -0.25) is 19.2 Å². The highest BCUT2D eigenvalue weighted by atomic mass is 16.6. The molecule has 0 aromatic rings.